The molecule has 90 valence electrons. The maximum atomic E-state index is 10.7. The Morgan fingerprint density at radius 3 is 3.12 bits per heavy atom. The number of amides is 1. The van der Waals surface area contributed by atoms with E-state index in [1.807, 2.05) is 12.3 Å². The first-order valence-electron chi connectivity index (χ1n) is 5.09. The highest BCUT2D eigenvalue weighted by atomic mass is 32.1. The van der Waals surface area contributed by atoms with Gasteiger partial charge in [0.1, 0.15) is 11.6 Å². The second-order valence-corrected chi connectivity index (χ2v) is 4.57. The second kappa shape index (κ2) is 4.96. The Bertz CT molecular complexity index is 518. The zero-order valence-corrected chi connectivity index (χ0v) is 10.2. The van der Waals surface area contributed by atoms with Crippen molar-refractivity contribution in [2.45, 2.75) is 20.0 Å². The maximum absolute atomic E-state index is 10.7. The van der Waals surface area contributed by atoms with Gasteiger partial charge in [0.2, 0.25) is 5.91 Å². The second-order valence-electron chi connectivity index (χ2n) is 3.63. The molecule has 2 aromatic heterocycles. The highest BCUT2D eigenvalue weighted by Gasteiger charge is 2.02. The van der Waals surface area contributed by atoms with E-state index < -0.39 is 5.91 Å². The van der Waals surface area contributed by atoms with E-state index in [0.717, 1.165) is 16.4 Å². The van der Waals surface area contributed by atoms with Crippen LogP contribution in [0.25, 0.3) is 0 Å². The average Bonchev–Trinajstić information content (AvgIpc) is 2.84. The minimum absolute atomic E-state index is 0.0953. The molecule has 0 saturated heterocycles. The van der Waals surface area contributed by atoms with Crippen LogP contribution in [0.15, 0.2) is 17.8 Å². The SMILES string of the molecule is Cc1csc(CNc2cnn(CC(N)=O)c2)n1. The van der Waals surface area contributed by atoms with Gasteiger partial charge in [-0.15, -0.1) is 11.3 Å². The Hall–Kier alpha value is -1.89. The van der Waals surface area contributed by atoms with E-state index in [1.165, 1.54) is 4.68 Å². The van der Waals surface area contributed by atoms with Gasteiger partial charge in [0.15, 0.2) is 0 Å². The van der Waals surface area contributed by atoms with Gasteiger partial charge in [-0.2, -0.15) is 5.10 Å². The number of thiazole rings is 1. The van der Waals surface area contributed by atoms with Crippen LogP contribution in [0.3, 0.4) is 0 Å². The molecule has 2 rings (SSSR count). The Kier molecular flexibility index (Phi) is 3.38. The fourth-order valence-corrected chi connectivity index (χ4v) is 2.07. The van der Waals surface area contributed by atoms with Gasteiger partial charge in [-0.1, -0.05) is 0 Å². The molecule has 0 aliphatic heterocycles. The number of primary amides is 1. The third kappa shape index (κ3) is 3.28. The van der Waals surface area contributed by atoms with Crippen LogP contribution in [0, 0.1) is 6.92 Å². The molecule has 17 heavy (non-hydrogen) atoms. The van der Waals surface area contributed by atoms with Gasteiger partial charge in [0, 0.05) is 17.3 Å². The van der Waals surface area contributed by atoms with Crippen molar-refractivity contribution in [2.75, 3.05) is 5.32 Å². The lowest BCUT2D eigenvalue weighted by Gasteiger charge is -1.99. The number of nitrogens with one attached hydrogen (secondary N) is 1. The number of hydrogen-bond acceptors (Lipinski definition) is 5. The molecule has 0 unspecified atom stereocenters. The Balaban J connectivity index is 1.91. The first-order chi connectivity index (χ1) is 8.13. The van der Waals surface area contributed by atoms with Crippen molar-refractivity contribution in [1.29, 1.82) is 0 Å². The molecule has 0 aromatic carbocycles. The van der Waals surface area contributed by atoms with E-state index >= 15 is 0 Å². The minimum atomic E-state index is -0.407. The average molecular weight is 251 g/mol. The van der Waals surface area contributed by atoms with E-state index in [1.54, 1.807) is 23.7 Å². The molecule has 0 radical (unpaired) electrons. The van der Waals surface area contributed by atoms with E-state index in [9.17, 15) is 4.79 Å². The Morgan fingerprint density at radius 1 is 1.65 bits per heavy atom. The van der Waals surface area contributed by atoms with Crippen molar-refractivity contribution >= 4 is 22.9 Å². The lowest BCUT2D eigenvalue weighted by molar-refractivity contribution is -0.118. The van der Waals surface area contributed by atoms with E-state index in [4.69, 9.17) is 5.73 Å². The number of hydrogen-bond donors (Lipinski definition) is 2. The van der Waals surface area contributed by atoms with Gasteiger partial charge in [0.25, 0.3) is 0 Å². The minimum Gasteiger partial charge on any atom is -0.376 e. The summed E-state index contributed by atoms with van der Waals surface area (Å²) in [6, 6.07) is 0. The molecule has 0 fully saturated rings. The molecule has 0 saturated carbocycles. The molecular formula is C10H13N5OS. The Labute approximate surface area is 102 Å². The highest BCUT2D eigenvalue weighted by Crippen LogP contribution is 2.12. The summed E-state index contributed by atoms with van der Waals surface area (Å²) in [5.74, 6) is -0.407. The molecule has 7 heteroatoms. The third-order valence-electron chi connectivity index (χ3n) is 2.06. The molecule has 0 aliphatic rings. The number of carbonyl (C=O) groups is 1. The Morgan fingerprint density at radius 2 is 2.47 bits per heavy atom. The first kappa shape index (κ1) is 11.6. The van der Waals surface area contributed by atoms with Crippen LogP contribution in [0.1, 0.15) is 10.7 Å². The van der Waals surface area contributed by atoms with Gasteiger partial charge < -0.3 is 11.1 Å². The van der Waals surface area contributed by atoms with Crippen LogP contribution in [0.2, 0.25) is 0 Å². The summed E-state index contributed by atoms with van der Waals surface area (Å²) in [5.41, 5.74) is 6.94. The van der Waals surface area contributed by atoms with Crippen molar-refractivity contribution in [3.05, 3.63) is 28.5 Å². The topological polar surface area (TPSA) is 85.8 Å². The number of carbonyl (C=O) groups excluding carboxylic acids is 1. The van der Waals surface area contributed by atoms with Crippen molar-refractivity contribution in [2.24, 2.45) is 5.73 Å². The number of aryl methyl sites for hydroxylation is 1. The van der Waals surface area contributed by atoms with Crippen molar-refractivity contribution in [3.8, 4) is 0 Å². The van der Waals surface area contributed by atoms with Gasteiger partial charge >= 0.3 is 0 Å². The van der Waals surface area contributed by atoms with Crippen molar-refractivity contribution in [3.63, 3.8) is 0 Å². The highest BCUT2D eigenvalue weighted by molar-refractivity contribution is 7.09. The van der Waals surface area contributed by atoms with Crippen LogP contribution in [0.4, 0.5) is 5.69 Å². The normalized spacial score (nSPS) is 10.4. The standard InChI is InChI=1S/C10H13N5OS/c1-7-6-17-10(14-7)3-12-8-2-13-15(4-8)5-9(11)16/h2,4,6,12H,3,5H2,1H3,(H2,11,16). The molecule has 0 spiro atoms. The lowest BCUT2D eigenvalue weighted by atomic mass is 10.5. The van der Waals surface area contributed by atoms with Gasteiger partial charge in [-0.05, 0) is 6.92 Å². The number of aromatic nitrogens is 3. The summed E-state index contributed by atoms with van der Waals surface area (Å²) >= 11 is 1.61. The molecule has 2 heterocycles. The molecule has 1 amide bonds. The number of nitrogens with zero attached hydrogens (tertiary/aromatic N) is 3. The number of anilines is 1. The predicted octanol–water partition coefficient (Wildman–Crippen LogP) is 0.745. The number of nitrogens with two attached hydrogens (primary N) is 1. The van der Waals surface area contributed by atoms with Gasteiger partial charge in [0.05, 0.1) is 18.4 Å². The zero-order chi connectivity index (χ0) is 12.3. The van der Waals surface area contributed by atoms with Gasteiger partial charge in [-0.25, -0.2) is 4.98 Å². The van der Waals surface area contributed by atoms with Crippen molar-refractivity contribution in [1.82, 2.24) is 14.8 Å². The number of rotatable bonds is 5. The zero-order valence-electron chi connectivity index (χ0n) is 9.38. The lowest BCUT2D eigenvalue weighted by Crippen LogP contribution is -2.18. The van der Waals surface area contributed by atoms with E-state index in [-0.39, 0.29) is 6.54 Å². The van der Waals surface area contributed by atoms with Crippen molar-refractivity contribution < 1.29 is 4.79 Å². The van der Waals surface area contributed by atoms with E-state index in [2.05, 4.69) is 15.4 Å². The van der Waals surface area contributed by atoms with Crippen LogP contribution in [-0.2, 0) is 17.9 Å². The van der Waals surface area contributed by atoms with E-state index in [0.29, 0.717) is 6.54 Å². The van der Waals surface area contributed by atoms with Crippen LogP contribution in [0.5, 0.6) is 0 Å². The monoisotopic (exact) mass is 251 g/mol. The molecule has 3 N–H and O–H groups in total. The van der Waals surface area contributed by atoms with Crippen LogP contribution in [-0.4, -0.2) is 20.7 Å². The maximum Gasteiger partial charge on any atom is 0.239 e. The fourth-order valence-electron chi connectivity index (χ4n) is 1.36. The molecule has 0 aliphatic carbocycles. The predicted molar refractivity (Wildman–Crippen MR) is 65.6 cm³/mol. The molecule has 6 nitrogen and oxygen atoms in total. The molecular weight excluding hydrogens is 238 g/mol. The summed E-state index contributed by atoms with van der Waals surface area (Å²) in [6.07, 6.45) is 3.40. The quantitative estimate of drug-likeness (QED) is 0.821. The molecule has 2 aromatic rings. The van der Waals surface area contributed by atoms with Crippen LogP contribution < -0.4 is 11.1 Å². The van der Waals surface area contributed by atoms with Gasteiger partial charge in [-0.3, -0.25) is 9.48 Å². The smallest absolute Gasteiger partial charge is 0.239 e. The third-order valence-corrected chi connectivity index (χ3v) is 3.03. The summed E-state index contributed by atoms with van der Waals surface area (Å²) in [5, 5.41) is 10.2. The summed E-state index contributed by atoms with van der Waals surface area (Å²) in [7, 11) is 0. The summed E-state index contributed by atoms with van der Waals surface area (Å²) in [4.78, 5) is 15.0. The largest absolute Gasteiger partial charge is 0.376 e. The molecule has 0 atom stereocenters. The fraction of sp³-hybridized carbons (Fsp3) is 0.300. The summed E-state index contributed by atoms with van der Waals surface area (Å²) < 4.78 is 1.50. The summed E-state index contributed by atoms with van der Waals surface area (Å²) in [6.45, 7) is 2.71. The first-order valence-corrected chi connectivity index (χ1v) is 5.97. The van der Waals surface area contributed by atoms with Crippen LogP contribution >= 0.6 is 11.3 Å². The molecule has 0 bridgehead atoms.